The summed E-state index contributed by atoms with van der Waals surface area (Å²) < 4.78 is 11.4. The molecule has 3 nitrogen and oxygen atoms in total. The van der Waals surface area contributed by atoms with Gasteiger partial charge in [0.25, 0.3) is 0 Å². The molecule has 2 aromatic rings. The van der Waals surface area contributed by atoms with Gasteiger partial charge in [-0.25, -0.2) is 0 Å². The summed E-state index contributed by atoms with van der Waals surface area (Å²) in [5, 5.41) is 0. The maximum atomic E-state index is 5.86. The molecule has 0 aliphatic rings. The van der Waals surface area contributed by atoms with Crippen molar-refractivity contribution in [2.24, 2.45) is 5.73 Å². The predicted molar refractivity (Wildman–Crippen MR) is 76.8 cm³/mol. The Balaban J connectivity index is 2.12. The molecular weight excluding hydrogens is 238 g/mol. The van der Waals surface area contributed by atoms with Crippen molar-refractivity contribution in [3.05, 3.63) is 59.1 Å². The van der Waals surface area contributed by atoms with Crippen LogP contribution >= 0.6 is 0 Å². The molecule has 0 saturated carbocycles. The number of benzene rings is 1. The Morgan fingerprint density at radius 3 is 2.79 bits per heavy atom. The first-order chi connectivity index (χ1) is 9.24. The standard InChI is InChI=1S/C16H19NO2/c1-3-6-13-7-4-5-8-16(13)18-11-14-9-15(10-17)19-12(14)2/h3-9H,10-11,17H2,1-2H3. The van der Waals surface area contributed by atoms with E-state index in [9.17, 15) is 0 Å². The fourth-order valence-electron chi connectivity index (χ4n) is 1.92. The number of ether oxygens (including phenoxy) is 1. The minimum Gasteiger partial charge on any atom is -0.488 e. The van der Waals surface area contributed by atoms with Crippen molar-refractivity contribution in [3.63, 3.8) is 0 Å². The Morgan fingerprint density at radius 1 is 1.32 bits per heavy atom. The highest BCUT2D eigenvalue weighted by atomic mass is 16.5. The maximum absolute atomic E-state index is 5.86. The fraction of sp³-hybridized carbons (Fsp3) is 0.250. The molecule has 0 saturated heterocycles. The average molecular weight is 257 g/mol. The second-order valence-corrected chi connectivity index (χ2v) is 4.32. The van der Waals surface area contributed by atoms with Gasteiger partial charge in [0, 0.05) is 11.1 Å². The van der Waals surface area contributed by atoms with Gasteiger partial charge in [-0.15, -0.1) is 0 Å². The van der Waals surface area contributed by atoms with Gasteiger partial charge in [-0.3, -0.25) is 0 Å². The summed E-state index contributed by atoms with van der Waals surface area (Å²) in [4.78, 5) is 0. The van der Waals surface area contributed by atoms with Crippen molar-refractivity contribution in [1.82, 2.24) is 0 Å². The van der Waals surface area contributed by atoms with Crippen LogP contribution in [0.3, 0.4) is 0 Å². The smallest absolute Gasteiger partial charge is 0.127 e. The lowest BCUT2D eigenvalue weighted by atomic mass is 10.2. The van der Waals surface area contributed by atoms with E-state index in [0.29, 0.717) is 13.2 Å². The summed E-state index contributed by atoms with van der Waals surface area (Å²) in [6.07, 6.45) is 4.03. The minimum atomic E-state index is 0.413. The van der Waals surface area contributed by atoms with Crippen LogP contribution in [0.5, 0.6) is 5.75 Å². The number of rotatable bonds is 5. The summed E-state index contributed by atoms with van der Waals surface area (Å²) in [5.74, 6) is 2.53. The number of aryl methyl sites for hydroxylation is 1. The van der Waals surface area contributed by atoms with E-state index < -0.39 is 0 Å². The number of nitrogens with two attached hydrogens (primary N) is 1. The van der Waals surface area contributed by atoms with Crippen LogP contribution in [0.2, 0.25) is 0 Å². The third kappa shape index (κ3) is 3.26. The van der Waals surface area contributed by atoms with Crippen LogP contribution in [0.25, 0.3) is 6.08 Å². The summed E-state index contributed by atoms with van der Waals surface area (Å²) in [6.45, 7) is 4.82. The molecule has 0 radical (unpaired) electrons. The van der Waals surface area contributed by atoms with Crippen molar-refractivity contribution < 1.29 is 9.15 Å². The lowest BCUT2D eigenvalue weighted by molar-refractivity contribution is 0.302. The first-order valence-electron chi connectivity index (χ1n) is 6.37. The van der Waals surface area contributed by atoms with E-state index in [0.717, 1.165) is 28.4 Å². The lowest BCUT2D eigenvalue weighted by Gasteiger charge is -2.08. The molecule has 0 aliphatic carbocycles. The maximum Gasteiger partial charge on any atom is 0.127 e. The molecule has 1 heterocycles. The number of furan rings is 1. The SMILES string of the molecule is CC=Cc1ccccc1OCc1cc(CN)oc1C. The summed E-state index contributed by atoms with van der Waals surface area (Å²) in [6, 6.07) is 9.92. The largest absolute Gasteiger partial charge is 0.488 e. The molecule has 2 N–H and O–H groups in total. The van der Waals surface area contributed by atoms with E-state index in [2.05, 4.69) is 0 Å². The molecule has 0 aliphatic heterocycles. The van der Waals surface area contributed by atoms with Crippen LogP contribution in [-0.4, -0.2) is 0 Å². The fourth-order valence-corrected chi connectivity index (χ4v) is 1.92. The minimum absolute atomic E-state index is 0.413. The Labute approximate surface area is 113 Å². The van der Waals surface area contributed by atoms with Crippen LogP contribution in [0.4, 0.5) is 0 Å². The van der Waals surface area contributed by atoms with E-state index in [-0.39, 0.29) is 0 Å². The molecule has 1 aromatic carbocycles. The molecule has 0 bridgehead atoms. The third-order valence-electron chi connectivity index (χ3n) is 2.92. The molecule has 0 fully saturated rings. The molecule has 2 rings (SSSR count). The third-order valence-corrected chi connectivity index (χ3v) is 2.92. The van der Waals surface area contributed by atoms with Crippen LogP contribution in [-0.2, 0) is 13.2 Å². The van der Waals surface area contributed by atoms with Gasteiger partial charge in [-0.2, -0.15) is 0 Å². The molecule has 100 valence electrons. The van der Waals surface area contributed by atoms with Gasteiger partial charge >= 0.3 is 0 Å². The molecule has 1 aromatic heterocycles. The molecule has 0 unspecified atom stereocenters. The van der Waals surface area contributed by atoms with Crippen molar-refractivity contribution in [2.45, 2.75) is 27.0 Å². The zero-order valence-corrected chi connectivity index (χ0v) is 11.3. The Bertz CT molecular complexity index is 570. The van der Waals surface area contributed by atoms with Gasteiger partial charge in [0.1, 0.15) is 23.9 Å². The highest BCUT2D eigenvalue weighted by Gasteiger charge is 2.08. The average Bonchev–Trinajstić information content (AvgIpc) is 2.79. The molecule has 0 atom stereocenters. The van der Waals surface area contributed by atoms with Gasteiger partial charge in [-0.1, -0.05) is 30.4 Å². The molecular formula is C16H19NO2. The van der Waals surface area contributed by atoms with Gasteiger partial charge in [0.2, 0.25) is 0 Å². The van der Waals surface area contributed by atoms with Gasteiger partial charge < -0.3 is 14.9 Å². The number of allylic oxidation sites excluding steroid dienone is 1. The zero-order chi connectivity index (χ0) is 13.7. The van der Waals surface area contributed by atoms with Gasteiger partial charge in [-0.05, 0) is 26.0 Å². The summed E-state index contributed by atoms with van der Waals surface area (Å²) in [5.41, 5.74) is 7.67. The normalized spacial score (nSPS) is 11.1. The van der Waals surface area contributed by atoms with Gasteiger partial charge in [0.05, 0.1) is 6.54 Å². The van der Waals surface area contributed by atoms with Crippen LogP contribution in [0.1, 0.15) is 29.6 Å². The second-order valence-electron chi connectivity index (χ2n) is 4.32. The Kier molecular flexibility index (Phi) is 4.42. The predicted octanol–water partition coefficient (Wildman–Crippen LogP) is 3.66. The van der Waals surface area contributed by atoms with Crippen molar-refractivity contribution in [2.75, 3.05) is 0 Å². The molecule has 19 heavy (non-hydrogen) atoms. The van der Waals surface area contributed by atoms with E-state index in [1.165, 1.54) is 0 Å². The summed E-state index contributed by atoms with van der Waals surface area (Å²) in [7, 11) is 0. The van der Waals surface area contributed by atoms with Crippen LogP contribution in [0.15, 0.2) is 40.8 Å². The van der Waals surface area contributed by atoms with Crippen LogP contribution in [0, 0.1) is 6.92 Å². The monoisotopic (exact) mass is 257 g/mol. The first kappa shape index (κ1) is 13.4. The highest BCUT2D eigenvalue weighted by molar-refractivity contribution is 5.56. The van der Waals surface area contributed by atoms with Crippen molar-refractivity contribution in [1.29, 1.82) is 0 Å². The van der Waals surface area contributed by atoms with Crippen LogP contribution < -0.4 is 10.5 Å². The topological polar surface area (TPSA) is 48.4 Å². The zero-order valence-electron chi connectivity index (χ0n) is 11.3. The molecule has 0 spiro atoms. The molecule has 0 amide bonds. The highest BCUT2D eigenvalue weighted by Crippen LogP contribution is 2.22. The number of para-hydroxylation sites is 1. The van der Waals surface area contributed by atoms with E-state index in [1.807, 2.05) is 56.3 Å². The summed E-state index contributed by atoms with van der Waals surface area (Å²) >= 11 is 0. The number of hydrogen-bond donors (Lipinski definition) is 1. The Hall–Kier alpha value is -2.00. The number of hydrogen-bond acceptors (Lipinski definition) is 3. The van der Waals surface area contributed by atoms with Crippen molar-refractivity contribution in [3.8, 4) is 5.75 Å². The van der Waals surface area contributed by atoms with Gasteiger partial charge in [0.15, 0.2) is 0 Å². The Morgan fingerprint density at radius 2 is 2.11 bits per heavy atom. The van der Waals surface area contributed by atoms with E-state index in [1.54, 1.807) is 0 Å². The lowest BCUT2D eigenvalue weighted by Crippen LogP contribution is -1.97. The quantitative estimate of drug-likeness (QED) is 0.889. The van der Waals surface area contributed by atoms with E-state index >= 15 is 0 Å². The van der Waals surface area contributed by atoms with E-state index in [4.69, 9.17) is 14.9 Å². The molecule has 3 heteroatoms. The second kappa shape index (κ2) is 6.25. The first-order valence-corrected chi connectivity index (χ1v) is 6.37. The van der Waals surface area contributed by atoms with Crippen molar-refractivity contribution >= 4 is 6.08 Å².